The van der Waals surface area contributed by atoms with Crippen LogP contribution < -0.4 is 10.6 Å². The Morgan fingerprint density at radius 2 is 1.70 bits per heavy atom. The maximum atomic E-state index is 14.6. The Hall–Kier alpha value is -3.09. The van der Waals surface area contributed by atoms with Crippen LogP contribution in [-0.4, -0.2) is 29.4 Å². The molecule has 1 aliphatic rings. The molecule has 5 nitrogen and oxygen atoms in total. The Morgan fingerprint density at radius 3 is 2.35 bits per heavy atom. The SMILES string of the molecule is CC(C)(C)NC(=O)N1CC[C@H](c2ccc(Cl)cc2)[C@H](c2ccc(Cl)cc2NC=O)[C@@H]1c1cccc(F)c1. The summed E-state index contributed by atoms with van der Waals surface area (Å²) < 4.78 is 14.6. The number of hydrogen-bond acceptors (Lipinski definition) is 2. The summed E-state index contributed by atoms with van der Waals surface area (Å²) in [6, 6.07) is 18.6. The summed E-state index contributed by atoms with van der Waals surface area (Å²) in [5.74, 6) is -0.775. The number of amides is 3. The fourth-order valence-corrected chi connectivity index (χ4v) is 5.49. The van der Waals surface area contributed by atoms with E-state index in [4.69, 9.17) is 23.2 Å². The second-order valence-electron chi connectivity index (χ2n) is 10.3. The van der Waals surface area contributed by atoms with E-state index in [1.165, 1.54) is 12.1 Å². The third kappa shape index (κ3) is 6.25. The number of nitrogens with zero attached hydrogens (tertiary/aromatic N) is 1. The van der Waals surface area contributed by atoms with Gasteiger partial charge in [-0.05, 0) is 86.2 Å². The molecule has 1 fully saturated rings. The van der Waals surface area contributed by atoms with Gasteiger partial charge in [-0.2, -0.15) is 0 Å². The van der Waals surface area contributed by atoms with E-state index in [0.29, 0.717) is 40.7 Å². The molecule has 0 bridgehead atoms. The highest BCUT2D eigenvalue weighted by Crippen LogP contribution is 2.52. The minimum Gasteiger partial charge on any atom is -0.333 e. The van der Waals surface area contributed by atoms with E-state index in [9.17, 15) is 14.0 Å². The zero-order valence-corrected chi connectivity index (χ0v) is 22.5. The van der Waals surface area contributed by atoms with Gasteiger partial charge < -0.3 is 15.5 Å². The van der Waals surface area contributed by atoms with Crippen LogP contribution in [0.2, 0.25) is 10.0 Å². The van der Waals surface area contributed by atoms with Gasteiger partial charge >= 0.3 is 6.03 Å². The normalized spacial score (nSPS) is 19.8. The Labute approximate surface area is 227 Å². The number of halogens is 3. The number of urea groups is 1. The maximum absolute atomic E-state index is 14.6. The first kappa shape index (κ1) is 27.0. The van der Waals surface area contributed by atoms with E-state index in [2.05, 4.69) is 10.6 Å². The lowest BCUT2D eigenvalue weighted by atomic mass is 9.70. The second kappa shape index (κ2) is 11.1. The highest BCUT2D eigenvalue weighted by Gasteiger charge is 2.44. The predicted octanol–water partition coefficient (Wildman–Crippen LogP) is 7.52. The quantitative estimate of drug-likeness (QED) is 0.328. The standard InChI is InChI=1S/C29H30Cl2FN3O2/c1-29(2,3)34-28(37)35-14-13-23(18-7-9-20(30)10-8-18)26(27(35)19-5-4-6-22(32)15-19)24-12-11-21(31)16-25(24)33-17-36/h4-12,15-17,23,26-27H,13-14H2,1-3H3,(H,33,36)(H,34,37)/t23-,26-,27+/m1/s1. The molecule has 0 radical (unpaired) electrons. The van der Waals surface area contributed by atoms with E-state index in [1.807, 2.05) is 57.2 Å². The number of nitrogens with one attached hydrogen (secondary N) is 2. The van der Waals surface area contributed by atoms with Gasteiger partial charge in [-0.1, -0.05) is 53.5 Å². The minimum atomic E-state index is -0.527. The van der Waals surface area contributed by atoms with E-state index < -0.39 is 11.6 Å². The fourth-order valence-electron chi connectivity index (χ4n) is 5.19. The van der Waals surface area contributed by atoms with Gasteiger partial charge in [0.05, 0.1) is 6.04 Å². The van der Waals surface area contributed by atoms with E-state index in [-0.39, 0.29) is 23.7 Å². The van der Waals surface area contributed by atoms with Gasteiger partial charge in [-0.3, -0.25) is 4.79 Å². The number of carbonyl (C=O) groups is 2. The van der Waals surface area contributed by atoms with Gasteiger partial charge in [-0.25, -0.2) is 9.18 Å². The first-order chi connectivity index (χ1) is 17.6. The molecule has 3 aromatic rings. The van der Waals surface area contributed by atoms with Crippen LogP contribution >= 0.6 is 23.2 Å². The van der Waals surface area contributed by atoms with Crippen LogP contribution in [0.3, 0.4) is 0 Å². The first-order valence-corrected chi connectivity index (χ1v) is 12.9. The highest BCUT2D eigenvalue weighted by atomic mass is 35.5. The third-order valence-electron chi connectivity index (χ3n) is 6.61. The molecule has 1 heterocycles. The molecule has 3 aromatic carbocycles. The van der Waals surface area contributed by atoms with Crippen molar-refractivity contribution in [3.63, 3.8) is 0 Å². The zero-order valence-electron chi connectivity index (χ0n) is 21.0. The van der Waals surface area contributed by atoms with Crippen molar-refractivity contribution in [1.82, 2.24) is 10.2 Å². The molecule has 1 aliphatic heterocycles. The van der Waals surface area contributed by atoms with Crippen LogP contribution in [0.1, 0.15) is 61.8 Å². The number of carbonyl (C=O) groups excluding carboxylic acids is 2. The van der Waals surface area contributed by atoms with Crippen molar-refractivity contribution in [1.29, 1.82) is 0 Å². The Kier molecular flexibility index (Phi) is 8.10. The highest BCUT2D eigenvalue weighted by molar-refractivity contribution is 6.31. The van der Waals surface area contributed by atoms with Gasteiger partial charge in [0.25, 0.3) is 0 Å². The molecule has 8 heteroatoms. The van der Waals surface area contributed by atoms with Crippen molar-refractivity contribution >= 4 is 41.3 Å². The van der Waals surface area contributed by atoms with Crippen LogP contribution in [0.25, 0.3) is 0 Å². The molecule has 0 aromatic heterocycles. The van der Waals surface area contributed by atoms with Crippen molar-refractivity contribution in [3.8, 4) is 0 Å². The number of hydrogen-bond donors (Lipinski definition) is 2. The molecule has 0 saturated carbocycles. The van der Waals surface area contributed by atoms with Crippen molar-refractivity contribution in [2.24, 2.45) is 0 Å². The molecule has 3 atom stereocenters. The molecular formula is C29H30Cl2FN3O2. The summed E-state index contributed by atoms with van der Waals surface area (Å²) >= 11 is 12.5. The molecule has 0 aliphatic carbocycles. The monoisotopic (exact) mass is 541 g/mol. The van der Waals surface area contributed by atoms with Crippen molar-refractivity contribution in [3.05, 3.63) is 99.3 Å². The Balaban J connectivity index is 1.94. The predicted molar refractivity (Wildman–Crippen MR) is 147 cm³/mol. The lowest BCUT2D eigenvalue weighted by Gasteiger charge is -2.47. The molecule has 3 amide bonds. The van der Waals surface area contributed by atoms with Crippen molar-refractivity contribution < 1.29 is 14.0 Å². The number of anilines is 1. The van der Waals surface area contributed by atoms with E-state index in [0.717, 1.165) is 11.1 Å². The minimum absolute atomic E-state index is 0.0578. The summed E-state index contributed by atoms with van der Waals surface area (Å²) in [7, 11) is 0. The largest absolute Gasteiger partial charge is 0.333 e. The van der Waals surface area contributed by atoms with Gasteiger partial charge in [0.2, 0.25) is 6.41 Å². The summed E-state index contributed by atoms with van der Waals surface area (Å²) in [6.45, 7) is 6.22. The Morgan fingerprint density at radius 1 is 1.00 bits per heavy atom. The molecular weight excluding hydrogens is 512 g/mol. The number of benzene rings is 3. The molecule has 4 rings (SSSR count). The summed E-state index contributed by atoms with van der Waals surface area (Å²) in [6.07, 6.45) is 1.26. The van der Waals surface area contributed by atoms with Gasteiger partial charge in [-0.15, -0.1) is 0 Å². The average molecular weight is 542 g/mol. The Bertz CT molecular complexity index is 1280. The third-order valence-corrected chi connectivity index (χ3v) is 7.10. The van der Waals surface area contributed by atoms with E-state index in [1.54, 1.807) is 23.1 Å². The first-order valence-electron chi connectivity index (χ1n) is 12.2. The topological polar surface area (TPSA) is 61.4 Å². The number of likely N-dealkylation sites (tertiary alicyclic amines) is 1. The lowest BCUT2D eigenvalue weighted by molar-refractivity contribution is -0.105. The number of rotatable bonds is 5. The molecule has 37 heavy (non-hydrogen) atoms. The molecule has 1 saturated heterocycles. The molecule has 194 valence electrons. The van der Waals surface area contributed by atoms with Gasteiger partial charge in [0.1, 0.15) is 5.82 Å². The average Bonchev–Trinajstić information content (AvgIpc) is 2.83. The molecule has 0 unspecified atom stereocenters. The summed E-state index contributed by atoms with van der Waals surface area (Å²) in [5.41, 5.74) is 2.60. The van der Waals surface area contributed by atoms with Crippen molar-refractivity contribution in [2.75, 3.05) is 11.9 Å². The van der Waals surface area contributed by atoms with Crippen LogP contribution in [-0.2, 0) is 4.79 Å². The summed E-state index contributed by atoms with van der Waals surface area (Å²) in [4.78, 5) is 26.9. The van der Waals surface area contributed by atoms with Gasteiger partial charge in [0, 0.05) is 33.7 Å². The van der Waals surface area contributed by atoms with Crippen LogP contribution in [0.4, 0.5) is 14.9 Å². The summed E-state index contributed by atoms with van der Waals surface area (Å²) in [5, 5.41) is 6.94. The maximum Gasteiger partial charge on any atom is 0.318 e. The van der Waals surface area contributed by atoms with Crippen molar-refractivity contribution in [2.45, 2.75) is 50.6 Å². The smallest absolute Gasteiger partial charge is 0.318 e. The van der Waals surface area contributed by atoms with Gasteiger partial charge in [0.15, 0.2) is 0 Å². The number of piperidine rings is 1. The zero-order chi connectivity index (χ0) is 26.7. The lowest BCUT2D eigenvalue weighted by Crippen LogP contribution is -2.53. The fraction of sp³-hybridized carbons (Fsp3) is 0.310. The van der Waals surface area contributed by atoms with Crippen LogP contribution in [0.15, 0.2) is 66.7 Å². The van der Waals surface area contributed by atoms with Crippen LogP contribution in [0, 0.1) is 5.82 Å². The van der Waals surface area contributed by atoms with Crippen LogP contribution in [0.5, 0.6) is 0 Å². The second-order valence-corrected chi connectivity index (χ2v) is 11.2. The molecule has 2 N–H and O–H groups in total. The molecule has 0 spiro atoms. The van der Waals surface area contributed by atoms with E-state index >= 15 is 0 Å².